The number of benzene rings is 1. The van der Waals surface area contributed by atoms with Gasteiger partial charge in [0.2, 0.25) is 0 Å². The van der Waals surface area contributed by atoms with Gasteiger partial charge in [-0.1, -0.05) is 18.2 Å². The minimum atomic E-state index is -0.462. The van der Waals surface area contributed by atoms with Gasteiger partial charge >= 0.3 is 5.97 Å². The number of ether oxygens (including phenoxy) is 1. The van der Waals surface area contributed by atoms with Crippen molar-refractivity contribution in [3.05, 3.63) is 65.2 Å². The third kappa shape index (κ3) is 3.99. The van der Waals surface area contributed by atoms with Crippen molar-refractivity contribution in [1.82, 2.24) is 15.1 Å². The Bertz CT molecular complexity index is 1050. The van der Waals surface area contributed by atoms with Crippen LogP contribution in [0.2, 0.25) is 0 Å². The van der Waals surface area contributed by atoms with Crippen molar-refractivity contribution < 1.29 is 18.7 Å². The van der Waals surface area contributed by atoms with E-state index in [0.29, 0.717) is 29.0 Å². The van der Waals surface area contributed by atoms with Crippen LogP contribution in [0.3, 0.4) is 0 Å². The van der Waals surface area contributed by atoms with E-state index in [1.54, 1.807) is 12.1 Å². The number of hydrogen-bond donors (Lipinski definition) is 2. The molecule has 3 N–H and O–H groups in total. The first-order valence-electron chi connectivity index (χ1n) is 9.88. The fourth-order valence-electron chi connectivity index (χ4n) is 4.05. The van der Waals surface area contributed by atoms with Crippen LogP contribution in [-0.4, -0.2) is 47.2 Å². The Hall–Kier alpha value is -3.39. The molecule has 0 unspecified atom stereocenters. The first-order valence-corrected chi connectivity index (χ1v) is 9.88. The second-order valence-corrected chi connectivity index (χ2v) is 7.44. The fourth-order valence-corrected chi connectivity index (χ4v) is 4.05. The molecule has 1 aromatic carbocycles. The average Bonchev–Trinajstić information content (AvgIpc) is 3.43. The number of hydrogen-bond acceptors (Lipinski definition) is 6. The highest BCUT2D eigenvalue weighted by atomic mass is 16.5. The number of piperidine rings is 1. The van der Waals surface area contributed by atoms with Gasteiger partial charge in [0, 0.05) is 18.0 Å². The number of primary amides is 1. The number of nitrogens with two attached hydrogens (primary N) is 1. The SMILES string of the molecule is COC(=O)c1ccccc1-c1ccc(CN2CCC[C@H](c3[nH]ncc3C(N)=O)C2)o1. The van der Waals surface area contributed by atoms with Crippen LogP contribution in [-0.2, 0) is 11.3 Å². The van der Waals surface area contributed by atoms with E-state index >= 15 is 0 Å². The van der Waals surface area contributed by atoms with Crippen LogP contribution in [0.4, 0.5) is 0 Å². The first kappa shape index (κ1) is 19.9. The van der Waals surface area contributed by atoms with E-state index in [1.165, 1.54) is 13.3 Å². The zero-order valence-electron chi connectivity index (χ0n) is 16.8. The van der Waals surface area contributed by atoms with Crippen molar-refractivity contribution >= 4 is 11.9 Å². The van der Waals surface area contributed by atoms with Gasteiger partial charge in [-0.15, -0.1) is 0 Å². The Labute approximate surface area is 174 Å². The van der Waals surface area contributed by atoms with Gasteiger partial charge in [0.15, 0.2) is 0 Å². The van der Waals surface area contributed by atoms with Crippen LogP contribution < -0.4 is 5.73 Å². The lowest BCUT2D eigenvalue weighted by molar-refractivity contribution is 0.0601. The summed E-state index contributed by atoms with van der Waals surface area (Å²) in [5.74, 6) is 0.746. The average molecular weight is 408 g/mol. The van der Waals surface area contributed by atoms with E-state index in [-0.39, 0.29) is 5.92 Å². The molecule has 0 saturated carbocycles. The van der Waals surface area contributed by atoms with Crippen LogP contribution in [0.15, 0.2) is 47.0 Å². The van der Waals surface area contributed by atoms with Crippen LogP contribution in [0, 0.1) is 0 Å². The second kappa shape index (κ2) is 8.54. The molecule has 4 rings (SSSR count). The number of nitrogens with zero attached hydrogens (tertiary/aromatic N) is 2. The third-order valence-corrected chi connectivity index (χ3v) is 5.49. The topological polar surface area (TPSA) is 114 Å². The van der Waals surface area contributed by atoms with Crippen LogP contribution in [0.1, 0.15) is 50.9 Å². The Morgan fingerprint density at radius 2 is 2.10 bits per heavy atom. The summed E-state index contributed by atoms with van der Waals surface area (Å²) in [4.78, 5) is 26.0. The monoisotopic (exact) mass is 408 g/mol. The van der Waals surface area contributed by atoms with Gasteiger partial charge in [-0.3, -0.25) is 14.8 Å². The lowest BCUT2D eigenvalue weighted by Gasteiger charge is -2.31. The molecule has 0 radical (unpaired) electrons. The van der Waals surface area contributed by atoms with Gasteiger partial charge in [0.05, 0.1) is 36.7 Å². The van der Waals surface area contributed by atoms with E-state index in [9.17, 15) is 9.59 Å². The number of H-pyrrole nitrogens is 1. The zero-order chi connectivity index (χ0) is 21.1. The lowest BCUT2D eigenvalue weighted by atomic mass is 9.92. The number of methoxy groups -OCH3 is 1. The summed E-state index contributed by atoms with van der Waals surface area (Å²) in [6.45, 7) is 2.35. The molecule has 2 aromatic heterocycles. The Balaban J connectivity index is 1.49. The van der Waals surface area contributed by atoms with Crippen molar-refractivity contribution in [3.8, 4) is 11.3 Å². The predicted octanol–water partition coefficient (Wildman–Crippen LogP) is 2.93. The molecular formula is C22H24N4O4. The molecule has 156 valence electrons. The van der Waals surface area contributed by atoms with E-state index in [4.69, 9.17) is 14.9 Å². The fraction of sp³-hybridized carbons (Fsp3) is 0.318. The number of carbonyl (C=O) groups is 2. The van der Waals surface area contributed by atoms with E-state index in [1.807, 2.05) is 24.3 Å². The normalized spacial score (nSPS) is 17.0. The second-order valence-electron chi connectivity index (χ2n) is 7.44. The number of aromatic nitrogens is 2. The molecule has 1 amide bonds. The van der Waals surface area contributed by atoms with Crippen molar-refractivity contribution in [3.63, 3.8) is 0 Å². The molecule has 1 aliphatic rings. The number of rotatable bonds is 6. The highest BCUT2D eigenvalue weighted by Crippen LogP contribution is 2.30. The highest BCUT2D eigenvalue weighted by molar-refractivity contribution is 5.96. The van der Waals surface area contributed by atoms with E-state index in [2.05, 4.69) is 15.1 Å². The number of carbonyl (C=O) groups excluding carboxylic acids is 2. The zero-order valence-corrected chi connectivity index (χ0v) is 16.8. The van der Waals surface area contributed by atoms with E-state index in [0.717, 1.165) is 37.4 Å². The minimum Gasteiger partial charge on any atom is -0.465 e. The van der Waals surface area contributed by atoms with Crippen LogP contribution in [0.25, 0.3) is 11.3 Å². The molecule has 0 bridgehead atoms. The molecule has 3 aromatic rings. The Morgan fingerprint density at radius 3 is 2.90 bits per heavy atom. The van der Waals surface area contributed by atoms with Crippen LogP contribution >= 0.6 is 0 Å². The highest BCUT2D eigenvalue weighted by Gasteiger charge is 2.27. The van der Waals surface area contributed by atoms with E-state index < -0.39 is 11.9 Å². The molecule has 1 aliphatic heterocycles. The quantitative estimate of drug-likeness (QED) is 0.606. The molecule has 8 nitrogen and oxygen atoms in total. The van der Waals surface area contributed by atoms with Crippen molar-refractivity contribution in [2.75, 3.05) is 20.2 Å². The largest absolute Gasteiger partial charge is 0.465 e. The van der Waals surface area contributed by atoms with Crippen molar-refractivity contribution in [1.29, 1.82) is 0 Å². The number of likely N-dealkylation sites (tertiary alicyclic amines) is 1. The van der Waals surface area contributed by atoms with Gasteiger partial charge < -0.3 is 14.9 Å². The molecule has 0 spiro atoms. The number of esters is 1. The molecule has 8 heteroatoms. The summed E-state index contributed by atoms with van der Waals surface area (Å²) in [6, 6.07) is 11.0. The molecule has 1 fully saturated rings. The summed E-state index contributed by atoms with van der Waals surface area (Å²) < 4.78 is 10.9. The number of furan rings is 1. The van der Waals surface area contributed by atoms with Gasteiger partial charge in [-0.25, -0.2) is 4.79 Å². The summed E-state index contributed by atoms with van der Waals surface area (Å²) in [7, 11) is 1.36. The third-order valence-electron chi connectivity index (χ3n) is 5.49. The summed E-state index contributed by atoms with van der Waals surface area (Å²) in [5, 5.41) is 6.94. The van der Waals surface area contributed by atoms with Crippen molar-refractivity contribution in [2.24, 2.45) is 5.73 Å². The molecule has 30 heavy (non-hydrogen) atoms. The predicted molar refractivity (Wildman–Crippen MR) is 110 cm³/mol. The van der Waals surface area contributed by atoms with Crippen molar-refractivity contribution in [2.45, 2.75) is 25.3 Å². The smallest absolute Gasteiger partial charge is 0.338 e. The molecule has 1 atom stereocenters. The summed E-state index contributed by atoms with van der Waals surface area (Å²) in [6.07, 6.45) is 3.46. The lowest BCUT2D eigenvalue weighted by Crippen LogP contribution is -2.34. The Morgan fingerprint density at radius 1 is 1.27 bits per heavy atom. The summed E-state index contributed by atoms with van der Waals surface area (Å²) >= 11 is 0. The minimum absolute atomic E-state index is 0.165. The molecular weight excluding hydrogens is 384 g/mol. The van der Waals surface area contributed by atoms with Gasteiger partial charge in [-0.2, -0.15) is 5.10 Å². The number of nitrogens with one attached hydrogen (secondary N) is 1. The van der Waals surface area contributed by atoms with Gasteiger partial charge in [0.1, 0.15) is 11.5 Å². The molecule has 3 heterocycles. The number of amides is 1. The van der Waals surface area contributed by atoms with Gasteiger partial charge in [0.25, 0.3) is 5.91 Å². The Kier molecular flexibility index (Phi) is 5.67. The first-order chi connectivity index (χ1) is 14.6. The summed E-state index contributed by atoms with van der Waals surface area (Å²) in [5.41, 5.74) is 7.90. The maximum atomic E-state index is 12.0. The number of aromatic amines is 1. The molecule has 1 saturated heterocycles. The maximum Gasteiger partial charge on any atom is 0.338 e. The standard InChI is InChI=1S/C22H24N4O4/c1-29-22(28)17-7-3-2-6-16(17)19-9-8-15(30-19)13-26-10-4-5-14(12-26)20-18(21(23)27)11-24-25-20/h2-3,6-9,11,14H,4-5,10,12-13H2,1H3,(H2,23,27)(H,24,25)/t14-/m0/s1. The molecule has 0 aliphatic carbocycles. The van der Waals surface area contributed by atoms with Crippen LogP contribution in [0.5, 0.6) is 0 Å². The van der Waals surface area contributed by atoms with Gasteiger partial charge in [-0.05, 0) is 37.6 Å². The maximum absolute atomic E-state index is 12.0.